The summed E-state index contributed by atoms with van der Waals surface area (Å²) in [5.41, 5.74) is 0.862. The Kier molecular flexibility index (Phi) is 1.85. The van der Waals surface area contributed by atoms with E-state index in [9.17, 15) is 4.39 Å². The first kappa shape index (κ1) is 8.32. The van der Waals surface area contributed by atoms with Gasteiger partial charge in [0.15, 0.2) is 0 Å². The maximum Gasteiger partial charge on any atom is 0.142 e. The first-order valence-electron chi connectivity index (χ1n) is 3.80. The van der Waals surface area contributed by atoms with Crippen LogP contribution in [0.25, 0.3) is 17.1 Å². The van der Waals surface area contributed by atoms with Crippen LogP contribution >= 0.6 is 11.6 Å². The molecular weight excluding hydrogens is 189 g/mol. The lowest BCUT2D eigenvalue weighted by Gasteiger charge is -1.98. The number of hydrogen-bond acceptors (Lipinski definition) is 0. The minimum atomic E-state index is -0.393. The molecule has 0 fully saturated rings. The highest BCUT2D eigenvalue weighted by Crippen LogP contribution is 2.23. The zero-order chi connectivity index (χ0) is 9.42. The van der Waals surface area contributed by atoms with Crippen LogP contribution in [-0.2, 0) is 0 Å². The van der Waals surface area contributed by atoms with Gasteiger partial charge in [-0.05, 0) is 18.2 Å². The molecule has 0 saturated heterocycles. The number of rotatable bonds is 1. The van der Waals surface area contributed by atoms with E-state index >= 15 is 0 Å². The second-order valence-electron chi connectivity index (χ2n) is 2.73. The quantitative estimate of drug-likeness (QED) is 0.656. The summed E-state index contributed by atoms with van der Waals surface area (Å²) in [7, 11) is 0. The molecule has 2 aromatic rings. The Morgan fingerprint density at radius 2 is 2.23 bits per heavy atom. The zero-order valence-electron chi connectivity index (χ0n) is 6.80. The number of fused-ring (bicyclic) bond motifs is 1. The smallest absolute Gasteiger partial charge is 0.142 e. The molecule has 0 amide bonds. The van der Waals surface area contributed by atoms with Gasteiger partial charge in [0.05, 0.1) is 10.5 Å². The Balaban J connectivity index is 2.84. The molecule has 0 N–H and O–H groups in total. The van der Waals surface area contributed by atoms with Crippen molar-refractivity contribution < 1.29 is 4.39 Å². The van der Waals surface area contributed by atoms with Crippen molar-refractivity contribution in [3.8, 4) is 0 Å². The molecule has 0 aliphatic carbocycles. The molecule has 0 unspecified atom stereocenters. The van der Waals surface area contributed by atoms with E-state index in [0.29, 0.717) is 0 Å². The van der Waals surface area contributed by atoms with Crippen molar-refractivity contribution in [2.45, 2.75) is 0 Å². The van der Waals surface area contributed by atoms with Crippen molar-refractivity contribution in [3.05, 3.63) is 41.8 Å². The third-order valence-electron chi connectivity index (χ3n) is 1.96. The number of halogens is 2. The highest BCUT2D eigenvalue weighted by molar-refractivity contribution is 6.31. The van der Waals surface area contributed by atoms with Gasteiger partial charge in [-0.25, -0.2) is 4.39 Å². The van der Waals surface area contributed by atoms with Crippen molar-refractivity contribution in [1.82, 2.24) is 4.57 Å². The molecule has 1 aromatic carbocycles. The van der Waals surface area contributed by atoms with Crippen LogP contribution < -0.4 is 0 Å². The third kappa shape index (κ3) is 1.23. The fraction of sp³-hybridized carbons (Fsp3) is 0. The Hall–Kier alpha value is -1.28. The number of hydrogen-bond donors (Lipinski definition) is 0. The predicted molar refractivity (Wildman–Crippen MR) is 53.3 cm³/mol. The molecule has 3 heteroatoms. The predicted octanol–water partition coefficient (Wildman–Crippen LogP) is 3.53. The molecule has 0 aliphatic rings. The molecule has 0 spiro atoms. The van der Waals surface area contributed by atoms with Gasteiger partial charge in [0.2, 0.25) is 0 Å². The highest BCUT2D eigenvalue weighted by Gasteiger charge is 2.04. The fourth-order valence-corrected chi connectivity index (χ4v) is 1.47. The normalized spacial score (nSPS) is 10.6. The molecule has 0 aliphatic heterocycles. The number of nitrogens with zero attached hydrogens (tertiary/aromatic N) is 1. The molecule has 13 heavy (non-hydrogen) atoms. The molecule has 0 saturated carbocycles. The van der Waals surface area contributed by atoms with Crippen LogP contribution in [0.5, 0.6) is 0 Å². The Morgan fingerprint density at radius 3 is 2.92 bits per heavy atom. The summed E-state index contributed by atoms with van der Waals surface area (Å²) in [4.78, 5) is 0. The van der Waals surface area contributed by atoms with Gasteiger partial charge in [-0.1, -0.05) is 18.2 Å². The van der Waals surface area contributed by atoms with Crippen LogP contribution in [0.4, 0.5) is 4.39 Å². The van der Waals surface area contributed by atoms with E-state index < -0.39 is 5.82 Å². The topological polar surface area (TPSA) is 4.93 Å². The second kappa shape index (κ2) is 2.89. The van der Waals surface area contributed by atoms with E-state index in [4.69, 9.17) is 11.6 Å². The first-order valence-corrected chi connectivity index (χ1v) is 4.18. The van der Waals surface area contributed by atoms with Crippen LogP contribution in [0.15, 0.2) is 31.0 Å². The van der Waals surface area contributed by atoms with Gasteiger partial charge in [0.1, 0.15) is 5.82 Å². The summed E-state index contributed by atoms with van der Waals surface area (Å²) in [5.74, 6) is -0.393. The monoisotopic (exact) mass is 195 g/mol. The minimum absolute atomic E-state index is 0.134. The summed E-state index contributed by atoms with van der Waals surface area (Å²) in [6.07, 6.45) is 3.46. The van der Waals surface area contributed by atoms with E-state index in [0.717, 1.165) is 10.9 Å². The van der Waals surface area contributed by atoms with Crippen molar-refractivity contribution in [2.75, 3.05) is 0 Å². The summed E-state index contributed by atoms with van der Waals surface area (Å²) in [5, 5.41) is 0.955. The van der Waals surface area contributed by atoms with E-state index in [1.54, 1.807) is 16.8 Å². The Bertz CT molecular complexity index is 473. The van der Waals surface area contributed by atoms with Crippen LogP contribution in [0, 0.1) is 5.82 Å². The average molecular weight is 196 g/mol. The lowest BCUT2D eigenvalue weighted by molar-refractivity contribution is 0.630. The van der Waals surface area contributed by atoms with Crippen molar-refractivity contribution >= 4 is 28.7 Å². The van der Waals surface area contributed by atoms with Gasteiger partial charge in [0, 0.05) is 17.8 Å². The van der Waals surface area contributed by atoms with E-state index in [1.165, 1.54) is 6.07 Å². The lowest BCUT2D eigenvalue weighted by Crippen LogP contribution is -1.83. The van der Waals surface area contributed by atoms with Crippen LogP contribution in [0.3, 0.4) is 0 Å². The second-order valence-corrected chi connectivity index (χ2v) is 3.14. The number of aromatic nitrogens is 1. The minimum Gasteiger partial charge on any atom is -0.324 e. The van der Waals surface area contributed by atoms with Gasteiger partial charge in [-0.3, -0.25) is 0 Å². The molecule has 0 atom stereocenters. The van der Waals surface area contributed by atoms with Gasteiger partial charge in [-0.15, -0.1) is 0 Å². The van der Waals surface area contributed by atoms with Crippen molar-refractivity contribution in [2.24, 2.45) is 0 Å². The Morgan fingerprint density at radius 1 is 1.46 bits per heavy atom. The van der Waals surface area contributed by atoms with Gasteiger partial charge >= 0.3 is 0 Å². The van der Waals surface area contributed by atoms with Crippen LogP contribution in [0.2, 0.25) is 5.02 Å². The summed E-state index contributed by atoms with van der Waals surface area (Å²) in [6, 6.07) is 4.82. The molecule has 0 bridgehead atoms. The SMILES string of the molecule is C=Cn1ccc2cc(F)c(Cl)cc21. The number of benzene rings is 1. The van der Waals surface area contributed by atoms with E-state index in [-0.39, 0.29) is 5.02 Å². The molecule has 1 heterocycles. The first-order chi connectivity index (χ1) is 6.22. The van der Waals surface area contributed by atoms with Gasteiger partial charge < -0.3 is 4.57 Å². The summed E-state index contributed by atoms with van der Waals surface area (Å²) < 4.78 is 14.8. The standard InChI is InChI=1S/C10H7ClFN/c1-2-13-4-3-7-5-9(12)8(11)6-10(7)13/h2-6H,1H2. The summed E-state index contributed by atoms with van der Waals surface area (Å²) in [6.45, 7) is 3.63. The van der Waals surface area contributed by atoms with Crippen LogP contribution in [0.1, 0.15) is 0 Å². The Labute approximate surface area is 80.0 Å². The van der Waals surface area contributed by atoms with Crippen molar-refractivity contribution in [3.63, 3.8) is 0 Å². The van der Waals surface area contributed by atoms with Gasteiger partial charge in [0.25, 0.3) is 0 Å². The zero-order valence-corrected chi connectivity index (χ0v) is 7.55. The van der Waals surface area contributed by atoms with Gasteiger partial charge in [-0.2, -0.15) is 0 Å². The maximum atomic E-state index is 13.0. The molecule has 1 nitrogen and oxygen atoms in total. The van der Waals surface area contributed by atoms with Crippen LogP contribution in [-0.4, -0.2) is 4.57 Å². The third-order valence-corrected chi connectivity index (χ3v) is 2.25. The largest absolute Gasteiger partial charge is 0.324 e. The maximum absolute atomic E-state index is 13.0. The molecule has 1 aromatic heterocycles. The molecular formula is C10H7ClFN. The van der Waals surface area contributed by atoms with Crippen molar-refractivity contribution in [1.29, 1.82) is 0 Å². The van der Waals surface area contributed by atoms with E-state index in [2.05, 4.69) is 6.58 Å². The summed E-state index contributed by atoms with van der Waals surface area (Å²) >= 11 is 5.65. The lowest BCUT2D eigenvalue weighted by atomic mass is 10.2. The molecule has 66 valence electrons. The van der Waals surface area contributed by atoms with E-state index in [1.807, 2.05) is 12.3 Å². The average Bonchev–Trinajstić information content (AvgIpc) is 2.48. The fourth-order valence-electron chi connectivity index (χ4n) is 1.31. The molecule has 0 radical (unpaired) electrons. The molecule has 2 rings (SSSR count). The highest BCUT2D eigenvalue weighted by atomic mass is 35.5.